The number of anilines is 2. The van der Waals surface area contributed by atoms with Gasteiger partial charge in [0.2, 0.25) is 0 Å². The van der Waals surface area contributed by atoms with Gasteiger partial charge < -0.3 is 4.90 Å². The average molecular weight is 441 g/mol. The summed E-state index contributed by atoms with van der Waals surface area (Å²) in [6.07, 6.45) is 0. The quantitative estimate of drug-likeness (QED) is 0.499. The number of nitrogens with zero attached hydrogens (tertiary/aromatic N) is 2. The predicted octanol–water partition coefficient (Wildman–Crippen LogP) is 5.55. The van der Waals surface area contributed by atoms with Crippen molar-refractivity contribution in [3.63, 3.8) is 0 Å². The molecule has 150 valence electrons. The monoisotopic (exact) mass is 440 g/mol. The van der Waals surface area contributed by atoms with E-state index in [1.54, 1.807) is 18.0 Å². The Balaban J connectivity index is 1.90. The molecule has 0 N–H and O–H groups in total. The molecule has 4 nitrogen and oxygen atoms in total. The summed E-state index contributed by atoms with van der Waals surface area (Å²) in [4.78, 5) is 29.5. The molecular formula is C23H15Cl2FN2O2. The molecule has 3 aromatic carbocycles. The molecule has 3 aromatic rings. The van der Waals surface area contributed by atoms with E-state index in [1.807, 2.05) is 30.3 Å². The van der Waals surface area contributed by atoms with Crippen LogP contribution >= 0.6 is 23.2 Å². The van der Waals surface area contributed by atoms with Gasteiger partial charge in [-0.3, -0.25) is 9.59 Å². The molecule has 0 saturated heterocycles. The smallest absolute Gasteiger partial charge is 0.282 e. The summed E-state index contributed by atoms with van der Waals surface area (Å²) in [5.41, 5.74) is 1.65. The topological polar surface area (TPSA) is 40.6 Å². The average Bonchev–Trinajstić information content (AvgIpc) is 3.00. The van der Waals surface area contributed by atoms with Crippen LogP contribution < -0.4 is 9.80 Å². The molecule has 0 aliphatic carbocycles. The molecule has 0 spiro atoms. The van der Waals surface area contributed by atoms with Gasteiger partial charge in [0.25, 0.3) is 11.8 Å². The third-order valence-corrected chi connectivity index (χ3v) is 5.38. The Labute approximate surface area is 182 Å². The zero-order chi connectivity index (χ0) is 21.4. The van der Waals surface area contributed by atoms with Crippen molar-refractivity contribution in [1.82, 2.24) is 0 Å². The highest BCUT2D eigenvalue weighted by atomic mass is 35.5. The zero-order valence-electron chi connectivity index (χ0n) is 15.8. The molecule has 1 aliphatic heterocycles. The normalized spacial score (nSPS) is 13.9. The number of rotatable bonds is 4. The van der Waals surface area contributed by atoms with Gasteiger partial charge in [-0.15, -0.1) is 0 Å². The van der Waals surface area contributed by atoms with Crippen molar-refractivity contribution in [3.05, 3.63) is 99.9 Å². The number of imide groups is 1. The van der Waals surface area contributed by atoms with Crippen molar-refractivity contribution in [2.75, 3.05) is 16.8 Å². The second kappa shape index (κ2) is 7.94. The Morgan fingerprint density at radius 3 is 2.20 bits per heavy atom. The van der Waals surface area contributed by atoms with Gasteiger partial charge in [0.1, 0.15) is 11.5 Å². The summed E-state index contributed by atoms with van der Waals surface area (Å²) in [5.74, 6) is -1.55. The first-order valence-corrected chi connectivity index (χ1v) is 9.77. The van der Waals surface area contributed by atoms with Crippen LogP contribution in [0.15, 0.2) is 78.5 Å². The van der Waals surface area contributed by atoms with Crippen molar-refractivity contribution in [2.24, 2.45) is 0 Å². The fraction of sp³-hybridized carbons (Fsp3) is 0.0435. The summed E-state index contributed by atoms with van der Waals surface area (Å²) in [6, 6.07) is 19.2. The van der Waals surface area contributed by atoms with E-state index in [0.717, 1.165) is 4.90 Å². The Morgan fingerprint density at radius 2 is 1.53 bits per heavy atom. The first-order chi connectivity index (χ1) is 14.4. The SMILES string of the molecule is CN(C1=C(c2ccc(F)cc2)C(=O)N(c2cc(Cl)ccc2Cl)C1=O)c1ccccc1. The highest BCUT2D eigenvalue weighted by Gasteiger charge is 2.42. The lowest BCUT2D eigenvalue weighted by Crippen LogP contribution is -2.34. The molecule has 1 aliphatic rings. The van der Waals surface area contributed by atoms with E-state index < -0.39 is 17.6 Å². The molecule has 0 unspecified atom stereocenters. The summed E-state index contributed by atoms with van der Waals surface area (Å²) in [6.45, 7) is 0. The van der Waals surface area contributed by atoms with Crippen LogP contribution in [0.25, 0.3) is 5.57 Å². The van der Waals surface area contributed by atoms with Crippen LogP contribution in [0.3, 0.4) is 0 Å². The number of hydrogen-bond acceptors (Lipinski definition) is 3. The van der Waals surface area contributed by atoms with E-state index in [-0.39, 0.29) is 22.0 Å². The van der Waals surface area contributed by atoms with Gasteiger partial charge in [-0.2, -0.15) is 0 Å². The van der Waals surface area contributed by atoms with Gasteiger partial charge in [0.05, 0.1) is 16.3 Å². The maximum absolute atomic E-state index is 13.5. The van der Waals surface area contributed by atoms with Crippen LogP contribution in [0.1, 0.15) is 5.56 Å². The lowest BCUT2D eigenvalue weighted by molar-refractivity contribution is -0.120. The molecule has 30 heavy (non-hydrogen) atoms. The number of para-hydroxylation sites is 1. The minimum Gasteiger partial charge on any atom is -0.339 e. The summed E-state index contributed by atoms with van der Waals surface area (Å²) in [7, 11) is 1.70. The number of carbonyl (C=O) groups is 2. The van der Waals surface area contributed by atoms with Crippen molar-refractivity contribution in [2.45, 2.75) is 0 Å². The third-order valence-electron chi connectivity index (χ3n) is 4.82. The zero-order valence-corrected chi connectivity index (χ0v) is 17.3. The lowest BCUT2D eigenvalue weighted by atomic mass is 10.0. The predicted molar refractivity (Wildman–Crippen MR) is 117 cm³/mol. The van der Waals surface area contributed by atoms with E-state index in [2.05, 4.69) is 0 Å². The van der Waals surface area contributed by atoms with E-state index in [4.69, 9.17) is 23.2 Å². The highest BCUT2D eigenvalue weighted by molar-refractivity contribution is 6.48. The highest BCUT2D eigenvalue weighted by Crippen LogP contribution is 2.39. The molecule has 0 bridgehead atoms. The van der Waals surface area contributed by atoms with Crippen LogP contribution in [0.4, 0.5) is 15.8 Å². The Hall–Kier alpha value is -3.15. The Kier molecular flexibility index (Phi) is 5.33. The second-order valence-electron chi connectivity index (χ2n) is 6.67. The van der Waals surface area contributed by atoms with Gasteiger partial charge in [0, 0.05) is 17.8 Å². The number of likely N-dealkylation sites (N-methyl/N-ethyl adjacent to an activating group) is 1. The first-order valence-electron chi connectivity index (χ1n) is 9.01. The standard InChI is InChI=1S/C23H15Cl2FN2O2/c1-27(17-5-3-2-4-6-17)21-20(14-7-10-16(26)11-8-14)22(29)28(23(21)30)19-13-15(24)9-12-18(19)25/h2-13H,1H3. The van der Waals surface area contributed by atoms with Crippen LogP contribution in [0.5, 0.6) is 0 Å². The molecule has 0 radical (unpaired) electrons. The minimum absolute atomic E-state index is 0.155. The number of carbonyl (C=O) groups excluding carboxylic acids is 2. The van der Waals surface area contributed by atoms with E-state index >= 15 is 0 Å². The molecule has 0 saturated carbocycles. The first kappa shape index (κ1) is 20.1. The molecule has 0 fully saturated rings. The van der Waals surface area contributed by atoms with Crippen molar-refractivity contribution < 1.29 is 14.0 Å². The fourth-order valence-corrected chi connectivity index (χ4v) is 3.73. The maximum atomic E-state index is 13.5. The molecule has 4 rings (SSSR count). The van der Waals surface area contributed by atoms with Crippen LogP contribution in [0, 0.1) is 5.82 Å². The van der Waals surface area contributed by atoms with E-state index in [1.165, 1.54) is 36.4 Å². The van der Waals surface area contributed by atoms with Crippen LogP contribution in [-0.2, 0) is 9.59 Å². The third kappa shape index (κ3) is 3.47. The van der Waals surface area contributed by atoms with Crippen molar-refractivity contribution >= 4 is 52.0 Å². The van der Waals surface area contributed by atoms with Gasteiger partial charge >= 0.3 is 0 Å². The van der Waals surface area contributed by atoms with Crippen LogP contribution in [0.2, 0.25) is 10.0 Å². The van der Waals surface area contributed by atoms with Gasteiger partial charge in [0.15, 0.2) is 0 Å². The number of benzene rings is 3. The Bertz CT molecular complexity index is 1180. The molecule has 2 amide bonds. The van der Waals surface area contributed by atoms with Gasteiger partial charge in [-0.25, -0.2) is 9.29 Å². The molecular weight excluding hydrogens is 426 g/mol. The summed E-state index contributed by atoms with van der Waals surface area (Å²) >= 11 is 12.4. The van der Waals surface area contributed by atoms with E-state index in [9.17, 15) is 14.0 Å². The van der Waals surface area contributed by atoms with E-state index in [0.29, 0.717) is 16.3 Å². The van der Waals surface area contributed by atoms with Crippen molar-refractivity contribution in [3.8, 4) is 0 Å². The largest absolute Gasteiger partial charge is 0.339 e. The number of amides is 2. The van der Waals surface area contributed by atoms with Gasteiger partial charge in [-0.1, -0.05) is 53.5 Å². The minimum atomic E-state index is -0.562. The van der Waals surface area contributed by atoms with Crippen LogP contribution in [-0.4, -0.2) is 18.9 Å². The molecule has 1 heterocycles. The molecule has 0 aromatic heterocycles. The van der Waals surface area contributed by atoms with Gasteiger partial charge in [-0.05, 0) is 48.0 Å². The summed E-state index contributed by atoms with van der Waals surface area (Å²) in [5, 5.41) is 0.548. The fourth-order valence-electron chi connectivity index (χ4n) is 3.36. The maximum Gasteiger partial charge on any atom is 0.282 e. The second-order valence-corrected chi connectivity index (χ2v) is 7.51. The molecule has 0 atom stereocenters. The summed E-state index contributed by atoms with van der Waals surface area (Å²) < 4.78 is 13.5. The molecule has 7 heteroatoms. The number of hydrogen-bond donors (Lipinski definition) is 0. The Morgan fingerprint density at radius 1 is 0.867 bits per heavy atom. The lowest BCUT2D eigenvalue weighted by Gasteiger charge is -2.22. The number of halogens is 3. The van der Waals surface area contributed by atoms with Crippen molar-refractivity contribution in [1.29, 1.82) is 0 Å².